The Labute approximate surface area is 309 Å². The molecule has 0 spiro atoms. The number of hydrogen-bond acceptors (Lipinski definition) is 2. The average molecular weight is 790 g/mol. The fourth-order valence-corrected chi connectivity index (χ4v) is 12.9. The van der Waals surface area contributed by atoms with Gasteiger partial charge in [0.1, 0.15) is 0 Å². The van der Waals surface area contributed by atoms with Crippen LogP contribution in [0, 0.1) is 0 Å². The molecule has 2 fully saturated rings. The predicted octanol–water partition coefficient (Wildman–Crippen LogP) is 8.86. The average Bonchev–Trinajstić information content (AvgIpc) is 3.83. The standard InChI is InChI=1S/2C17H19P.C2H6N2.2C2H4O2.Ru/c2*1-3-9-15(10-4-1)18(17-13-7-8-14-17)16-11-5-2-6-12-16;3-1-2-4;2*1-2(3)4;/h2*1-6,9-12,17H,7-8,13-14H2;3-4H,1-2H2;2*1H3,(H,3,4);/q;;-2;;;+2/p+2. The Kier molecular flexibility index (Phi) is 24.4. The molecule has 0 saturated heterocycles. The van der Waals surface area contributed by atoms with Crippen molar-refractivity contribution in [3.63, 3.8) is 0 Å². The maximum Gasteiger partial charge on any atom is 2.00 e. The van der Waals surface area contributed by atoms with Gasteiger partial charge in [0, 0.05) is 13.8 Å². The molecule has 6 rings (SSSR count). The zero-order valence-corrected chi connectivity index (χ0v) is 32.6. The molecule has 0 aliphatic heterocycles. The van der Waals surface area contributed by atoms with Crippen LogP contribution in [0.2, 0.25) is 0 Å². The molecule has 2 aliphatic carbocycles. The molecule has 0 atom stereocenters. The first kappa shape index (κ1) is 44.2. The predicted molar refractivity (Wildman–Crippen MR) is 210 cm³/mol. The first-order chi connectivity index (χ1) is 23.3. The Morgan fingerprint density at radius 3 is 0.857 bits per heavy atom. The van der Waals surface area contributed by atoms with Crippen LogP contribution in [0.1, 0.15) is 65.2 Å². The molecule has 0 amide bonds. The van der Waals surface area contributed by atoms with E-state index in [-0.39, 0.29) is 32.6 Å². The molecule has 4 aromatic carbocycles. The molecule has 0 bridgehead atoms. The number of nitrogens with one attached hydrogen (secondary N) is 2. The van der Waals surface area contributed by atoms with Gasteiger partial charge in [-0.25, -0.2) is 0 Å². The van der Waals surface area contributed by atoms with Crippen molar-refractivity contribution in [2.24, 2.45) is 0 Å². The van der Waals surface area contributed by atoms with E-state index in [0.29, 0.717) is 0 Å². The van der Waals surface area contributed by atoms with Gasteiger partial charge in [0.15, 0.2) is 0 Å². The minimum atomic E-state index is -0.833. The largest absolute Gasteiger partial charge is 2.00 e. The number of carboxylic acids is 2. The Balaban J connectivity index is 0.000000365. The van der Waals surface area contributed by atoms with E-state index in [1.54, 1.807) is 21.2 Å². The molecular formula is C40H54N2O4P2Ru+2. The van der Waals surface area contributed by atoms with Gasteiger partial charge in [0.2, 0.25) is 0 Å². The summed E-state index contributed by atoms with van der Waals surface area (Å²) in [5.74, 6) is -1.67. The van der Waals surface area contributed by atoms with Crippen molar-refractivity contribution in [1.29, 1.82) is 0 Å². The van der Waals surface area contributed by atoms with E-state index in [1.165, 1.54) is 51.4 Å². The van der Waals surface area contributed by atoms with Crippen molar-refractivity contribution in [2.75, 3.05) is 13.1 Å². The third-order valence-electron chi connectivity index (χ3n) is 7.99. The molecular weight excluding hydrogens is 735 g/mol. The fraction of sp³-hybridized carbons (Fsp3) is 0.350. The molecule has 0 unspecified atom stereocenters. The molecule has 2 aliphatic rings. The zero-order valence-electron chi connectivity index (χ0n) is 28.8. The monoisotopic (exact) mass is 790 g/mol. The minimum absolute atomic E-state index is 0. The molecule has 2 saturated carbocycles. The van der Waals surface area contributed by atoms with Crippen molar-refractivity contribution < 1.29 is 39.3 Å². The summed E-state index contributed by atoms with van der Waals surface area (Å²) >= 11 is 0. The second-order valence-electron chi connectivity index (χ2n) is 11.8. The number of rotatable bonds is 7. The summed E-state index contributed by atoms with van der Waals surface area (Å²) in [5.41, 5.74) is 14.4. The topological polar surface area (TPSA) is 122 Å². The number of aliphatic carboxylic acids is 2. The summed E-state index contributed by atoms with van der Waals surface area (Å²) in [4.78, 5) is 18.0. The van der Waals surface area contributed by atoms with E-state index < -0.39 is 27.8 Å². The van der Waals surface area contributed by atoms with Gasteiger partial charge in [-0.3, -0.25) is 9.59 Å². The fourth-order valence-electron chi connectivity index (χ4n) is 6.18. The smallest absolute Gasteiger partial charge is 0.679 e. The third-order valence-corrected chi connectivity index (χ3v) is 14.6. The van der Waals surface area contributed by atoms with Crippen LogP contribution in [-0.2, 0) is 29.1 Å². The maximum absolute atomic E-state index is 9.00. The summed E-state index contributed by atoms with van der Waals surface area (Å²) in [6, 6.07) is 44.7. The number of carbonyl (C=O) groups is 2. The van der Waals surface area contributed by atoms with Crippen molar-refractivity contribution in [2.45, 2.75) is 76.5 Å². The van der Waals surface area contributed by atoms with Crippen molar-refractivity contribution in [3.05, 3.63) is 133 Å². The van der Waals surface area contributed by atoms with E-state index in [0.717, 1.165) is 25.2 Å². The van der Waals surface area contributed by atoms with E-state index in [1.807, 2.05) is 0 Å². The molecule has 4 aromatic rings. The van der Waals surface area contributed by atoms with Gasteiger partial charge in [-0.05, 0) is 99.9 Å². The molecule has 0 heterocycles. The number of carboxylic acid groups (broad SMARTS) is 2. The van der Waals surface area contributed by atoms with Crippen molar-refractivity contribution in [1.82, 2.24) is 0 Å². The summed E-state index contributed by atoms with van der Waals surface area (Å²) < 4.78 is 0. The molecule has 4 N–H and O–H groups in total. The SMILES string of the molecule is CC(=O)O.CC(=O)O.[NH-]CC[NH-].[Ru+2].c1ccc([PH+](c2ccccc2)C2CCCC2)cc1.c1ccc([PH+](c2ccccc2)C2CCCC2)cc1. The van der Waals surface area contributed by atoms with Crippen LogP contribution >= 0.6 is 15.8 Å². The first-order valence-electron chi connectivity index (χ1n) is 16.9. The summed E-state index contributed by atoms with van der Waals surface area (Å²) in [6.45, 7) is 2.64. The van der Waals surface area contributed by atoms with Gasteiger partial charge in [0.25, 0.3) is 11.9 Å². The first-order valence-corrected chi connectivity index (χ1v) is 20.1. The Bertz CT molecular complexity index is 1200. The van der Waals surface area contributed by atoms with E-state index in [2.05, 4.69) is 121 Å². The van der Waals surface area contributed by atoms with Gasteiger partial charge < -0.3 is 21.7 Å². The third kappa shape index (κ3) is 18.2. The van der Waals surface area contributed by atoms with Gasteiger partial charge in [-0.2, -0.15) is 13.1 Å². The minimum Gasteiger partial charge on any atom is -0.679 e. The van der Waals surface area contributed by atoms with Crippen LogP contribution < -0.4 is 21.2 Å². The van der Waals surface area contributed by atoms with Gasteiger partial charge in [-0.1, -0.05) is 72.8 Å². The second kappa shape index (κ2) is 27.0. The van der Waals surface area contributed by atoms with Crippen LogP contribution in [0.3, 0.4) is 0 Å². The van der Waals surface area contributed by atoms with Crippen LogP contribution in [0.5, 0.6) is 0 Å². The summed E-state index contributed by atoms with van der Waals surface area (Å²) in [7, 11) is -1.15. The molecule has 0 radical (unpaired) electrons. The van der Waals surface area contributed by atoms with Crippen LogP contribution in [0.4, 0.5) is 0 Å². The van der Waals surface area contributed by atoms with Gasteiger partial charge in [-0.15, -0.1) is 0 Å². The van der Waals surface area contributed by atoms with E-state index in [9.17, 15) is 0 Å². The Morgan fingerprint density at radius 1 is 0.510 bits per heavy atom. The quantitative estimate of drug-likeness (QED) is 0.144. The normalized spacial score (nSPS) is 13.6. The van der Waals surface area contributed by atoms with Gasteiger partial charge >= 0.3 is 19.5 Å². The molecule has 0 aromatic heterocycles. The van der Waals surface area contributed by atoms with Crippen molar-refractivity contribution >= 4 is 49.0 Å². The molecule has 49 heavy (non-hydrogen) atoms. The molecule has 6 nitrogen and oxygen atoms in total. The van der Waals surface area contributed by atoms with E-state index >= 15 is 0 Å². The Hall–Kier alpha value is -2.78. The van der Waals surface area contributed by atoms with Crippen LogP contribution in [-0.4, -0.2) is 46.6 Å². The maximum atomic E-state index is 9.00. The van der Waals surface area contributed by atoms with Crippen molar-refractivity contribution in [3.8, 4) is 0 Å². The Morgan fingerprint density at radius 2 is 0.694 bits per heavy atom. The summed E-state index contributed by atoms with van der Waals surface area (Å²) in [5, 5.41) is 21.2. The second-order valence-corrected chi connectivity index (χ2v) is 17.4. The molecule has 264 valence electrons. The zero-order chi connectivity index (χ0) is 35.0. The number of hydrogen-bond donors (Lipinski definition) is 2. The van der Waals surface area contributed by atoms with Crippen LogP contribution in [0.15, 0.2) is 121 Å². The summed E-state index contributed by atoms with van der Waals surface area (Å²) in [6.07, 6.45) is 11.4. The molecule has 9 heteroatoms. The van der Waals surface area contributed by atoms with Gasteiger partial charge in [0.05, 0.1) is 48.4 Å². The van der Waals surface area contributed by atoms with E-state index in [4.69, 9.17) is 31.3 Å². The number of benzene rings is 4. The van der Waals surface area contributed by atoms with Crippen LogP contribution in [0.25, 0.3) is 11.5 Å².